The summed E-state index contributed by atoms with van der Waals surface area (Å²) >= 11 is 0. The molecule has 3 aliphatic rings. The summed E-state index contributed by atoms with van der Waals surface area (Å²) in [6, 6.07) is 4.51. The first-order valence-corrected chi connectivity index (χ1v) is 11.3. The number of nitrogens with zero attached hydrogens (tertiary/aromatic N) is 2. The molecule has 0 bridgehead atoms. The Kier molecular flexibility index (Phi) is 6.78. The molecule has 2 saturated heterocycles. The summed E-state index contributed by atoms with van der Waals surface area (Å²) < 4.78 is 20.2. The number of cyclic esters (lactones) is 1. The van der Waals surface area contributed by atoms with Gasteiger partial charge in [-0.1, -0.05) is 18.2 Å². The topological polar surface area (TPSA) is 105 Å². The van der Waals surface area contributed by atoms with E-state index in [1.54, 1.807) is 12.1 Å². The summed E-state index contributed by atoms with van der Waals surface area (Å²) in [5, 5.41) is 2.62. The molecule has 0 saturated carbocycles. The Morgan fingerprint density at radius 3 is 2.82 bits per heavy atom. The Bertz CT molecular complexity index is 1010. The van der Waals surface area contributed by atoms with Crippen molar-refractivity contribution in [2.75, 3.05) is 31.1 Å². The minimum Gasteiger partial charge on any atom is -0.442 e. The van der Waals surface area contributed by atoms with Crippen LogP contribution in [0.1, 0.15) is 31.7 Å². The zero-order valence-corrected chi connectivity index (χ0v) is 18.6. The first kappa shape index (κ1) is 23.0. The molecule has 1 unspecified atom stereocenters. The number of likely N-dealkylation sites (tertiary alicyclic amines) is 1. The highest BCUT2D eigenvalue weighted by molar-refractivity contribution is 5.90. The fourth-order valence-electron chi connectivity index (χ4n) is 4.67. The number of allylic oxidation sites excluding steroid dienone is 3. The van der Waals surface area contributed by atoms with Crippen LogP contribution in [0.2, 0.25) is 0 Å². The zero-order chi connectivity index (χ0) is 23.5. The summed E-state index contributed by atoms with van der Waals surface area (Å²) in [6.07, 6.45) is 7.47. The predicted molar refractivity (Wildman–Crippen MR) is 122 cm³/mol. The summed E-state index contributed by atoms with van der Waals surface area (Å²) in [5.74, 6) is -0.651. The number of benzene rings is 1. The van der Waals surface area contributed by atoms with Gasteiger partial charge in [0.25, 0.3) is 0 Å². The third kappa shape index (κ3) is 5.24. The predicted octanol–water partition coefficient (Wildman–Crippen LogP) is 2.20. The molecule has 4 rings (SSSR count). The molecule has 1 aromatic carbocycles. The Hall–Kier alpha value is -3.20. The summed E-state index contributed by atoms with van der Waals surface area (Å²) in [5.41, 5.74) is 7.17. The van der Waals surface area contributed by atoms with E-state index in [1.165, 1.54) is 17.9 Å². The molecule has 1 aliphatic carbocycles. The van der Waals surface area contributed by atoms with E-state index in [4.69, 9.17) is 10.5 Å². The van der Waals surface area contributed by atoms with Gasteiger partial charge in [-0.3, -0.25) is 19.4 Å². The lowest BCUT2D eigenvalue weighted by molar-refractivity contribution is -0.122. The van der Waals surface area contributed by atoms with Crippen molar-refractivity contribution in [2.24, 2.45) is 11.7 Å². The number of primary amides is 1. The van der Waals surface area contributed by atoms with E-state index in [0.717, 1.165) is 37.9 Å². The highest BCUT2D eigenvalue weighted by Crippen LogP contribution is 2.31. The van der Waals surface area contributed by atoms with Crippen LogP contribution in [-0.4, -0.2) is 61.1 Å². The van der Waals surface area contributed by atoms with Crippen LogP contribution in [0.25, 0.3) is 5.57 Å². The number of nitrogens with one attached hydrogen (secondary N) is 1. The Morgan fingerprint density at radius 1 is 1.33 bits per heavy atom. The maximum absolute atomic E-state index is 15.0. The summed E-state index contributed by atoms with van der Waals surface area (Å²) in [7, 11) is 0. The second kappa shape index (κ2) is 9.74. The van der Waals surface area contributed by atoms with E-state index < -0.39 is 18.0 Å². The molecular formula is C24H29FN4O4. The SMILES string of the molecule is CC(=O)NC[C@H]1CN(c2ccc(C3=CCC(CN4CCC[C@@H]4C(N)=O)C=C3)c(F)c2)C(=O)O1. The normalized spacial score (nSPS) is 25.2. The van der Waals surface area contributed by atoms with E-state index in [-0.39, 0.29) is 36.9 Å². The van der Waals surface area contributed by atoms with Gasteiger partial charge >= 0.3 is 6.09 Å². The van der Waals surface area contributed by atoms with Crippen LogP contribution >= 0.6 is 0 Å². The average Bonchev–Trinajstić information content (AvgIpc) is 3.39. The van der Waals surface area contributed by atoms with Gasteiger partial charge < -0.3 is 15.8 Å². The number of halogens is 1. The number of amides is 3. The first-order valence-electron chi connectivity index (χ1n) is 11.3. The van der Waals surface area contributed by atoms with Gasteiger partial charge in [0.15, 0.2) is 0 Å². The molecule has 3 N–H and O–H groups in total. The lowest BCUT2D eigenvalue weighted by Crippen LogP contribution is -2.42. The van der Waals surface area contributed by atoms with Crippen molar-refractivity contribution in [3.8, 4) is 0 Å². The van der Waals surface area contributed by atoms with Crippen molar-refractivity contribution >= 4 is 29.2 Å². The van der Waals surface area contributed by atoms with Gasteiger partial charge in [0, 0.05) is 19.0 Å². The third-order valence-electron chi connectivity index (χ3n) is 6.38. The number of nitrogens with two attached hydrogens (primary N) is 1. The highest BCUT2D eigenvalue weighted by atomic mass is 19.1. The molecule has 3 atom stereocenters. The minimum atomic E-state index is -0.562. The van der Waals surface area contributed by atoms with Gasteiger partial charge in [-0.25, -0.2) is 9.18 Å². The lowest BCUT2D eigenvalue weighted by Gasteiger charge is -2.26. The molecule has 2 heterocycles. The summed E-state index contributed by atoms with van der Waals surface area (Å²) in [6.45, 7) is 3.48. The third-order valence-corrected chi connectivity index (χ3v) is 6.38. The number of carbonyl (C=O) groups excluding carboxylic acids is 3. The van der Waals surface area contributed by atoms with E-state index in [9.17, 15) is 18.8 Å². The van der Waals surface area contributed by atoms with Crippen LogP contribution in [-0.2, 0) is 14.3 Å². The van der Waals surface area contributed by atoms with Gasteiger partial charge in [0.1, 0.15) is 11.9 Å². The highest BCUT2D eigenvalue weighted by Gasteiger charge is 2.33. The molecule has 33 heavy (non-hydrogen) atoms. The van der Waals surface area contributed by atoms with Crippen LogP contribution in [0.5, 0.6) is 0 Å². The molecule has 2 fully saturated rings. The molecular weight excluding hydrogens is 427 g/mol. The van der Waals surface area contributed by atoms with Crippen LogP contribution in [0.4, 0.5) is 14.9 Å². The summed E-state index contributed by atoms with van der Waals surface area (Å²) in [4.78, 5) is 38.4. The number of hydrogen-bond donors (Lipinski definition) is 2. The fraction of sp³-hybridized carbons (Fsp3) is 0.458. The van der Waals surface area contributed by atoms with Crippen molar-refractivity contribution in [3.63, 3.8) is 0 Å². The smallest absolute Gasteiger partial charge is 0.414 e. The maximum Gasteiger partial charge on any atom is 0.414 e. The van der Waals surface area contributed by atoms with Crippen LogP contribution in [0.3, 0.4) is 0 Å². The van der Waals surface area contributed by atoms with Gasteiger partial charge in [-0.15, -0.1) is 0 Å². The van der Waals surface area contributed by atoms with Crippen LogP contribution in [0, 0.1) is 11.7 Å². The number of anilines is 1. The second-order valence-electron chi connectivity index (χ2n) is 8.79. The molecule has 9 heteroatoms. The first-order chi connectivity index (χ1) is 15.8. The maximum atomic E-state index is 15.0. The van der Waals surface area contributed by atoms with Crippen molar-refractivity contribution < 1.29 is 23.5 Å². The van der Waals surface area contributed by atoms with Crippen molar-refractivity contribution in [2.45, 2.75) is 38.3 Å². The minimum absolute atomic E-state index is 0.191. The standard InChI is InChI=1S/C24H29FN4O4/c1-15(30)27-12-19-14-29(24(32)33-19)18-8-9-20(21(25)11-18)17-6-4-16(5-7-17)13-28-10-2-3-22(28)23(26)31/h4,6-9,11,16,19,22H,2-3,5,10,12-14H2,1H3,(H2,26,31)(H,27,30)/t16?,19-,22+/m0/s1. The monoisotopic (exact) mass is 456 g/mol. The van der Waals surface area contributed by atoms with E-state index in [0.29, 0.717) is 11.3 Å². The molecule has 3 amide bonds. The fourth-order valence-corrected chi connectivity index (χ4v) is 4.67. The van der Waals surface area contributed by atoms with E-state index >= 15 is 0 Å². The quantitative estimate of drug-likeness (QED) is 0.655. The Balaban J connectivity index is 1.38. The largest absolute Gasteiger partial charge is 0.442 e. The molecule has 176 valence electrons. The van der Waals surface area contributed by atoms with Crippen molar-refractivity contribution in [3.05, 3.63) is 47.8 Å². The molecule has 0 radical (unpaired) electrons. The van der Waals surface area contributed by atoms with Crippen molar-refractivity contribution in [1.29, 1.82) is 0 Å². The Morgan fingerprint density at radius 2 is 2.15 bits per heavy atom. The number of ether oxygens (including phenoxy) is 1. The zero-order valence-electron chi connectivity index (χ0n) is 18.6. The van der Waals surface area contributed by atoms with Crippen LogP contribution < -0.4 is 16.0 Å². The molecule has 8 nitrogen and oxygen atoms in total. The molecule has 0 aromatic heterocycles. The van der Waals surface area contributed by atoms with Gasteiger partial charge in [0.2, 0.25) is 11.8 Å². The van der Waals surface area contributed by atoms with E-state index in [2.05, 4.69) is 16.3 Å². The van der Waals surface area contributed by atoms with E-state index in [1.807, 2.05) is 12.2 Å². The second-order valence-corrected chi connectivity index (χ2v) is 8.79. The van der Waals surface area contributed by atoms with Crippen molar-refractivity contribution in [1.82, 2.24) is 10.2 Å². The number of carbonyl (C=O) groups is 3. The van der Waals surface area contributed by atoms with Gasteiger partial charge in [-0.05, 0) is 55.5 Å². The van der Waals surface area contributed by atoms with Gasteiger partial charge in [0.05, 0.1) is 24.8 Å². The number of hydrogen-bond acceptors (Lipinski definition) is 5. The Labute approximate surface area is 192 Å². The lowest BCUT2D eigenvalue weighted by atomic mass is 9.92. The number of rotatable bonds is 7. The van der Waals surface area contributed by atoms with Crippen LogP contribution in [0.15, 0.2) is 36.4 Å². The molecule has 0 spiro atoms. The molecule has 2 aliphatic heterocycles. The van der Waals surface area contributed by atoms with Gasteiger partial charge in [-0.2, -0.15) is 0 Å². The molecule has 1 aromatic rings. The average molecular weight is 457 g/mol.